The molecule has 14 heteroatoms. The summed E-state index contributed by atoms with van der Waals surface area (Å²) in [6.07, 6.45) is -3.16. The molecule has 0 spiro atoms. The van der Waals surface area contributed by atoms with Crippen LogP contribution in [0.3, 0.4) is 0 Å². The third-order valence-corrected chi connectivity index (χ3v) is 9.88. The van der Waals surface area contributed by atoms with Crippen LogP contribution in [-0.2, 0) is 25.4 Å². The van der Waals surface area contributed by atoms with Gasteiger partial charge in [0.2, 0.25) is 5.78 Å². The van der Waals surface area contributed by atoms with Crippen molar-refractivity contribution in [2.75, 3.05) is 33.9 Å². The van der Waals surface area contributed by atoms with Crippen LogP contribution in [0.1, 0.15) is 81.7 Å². The zero-order chi connectivity index (χ0) is 33.8. The highest BCUT2D eigenvalue weighted by molar-refractivity contribution is 6.31. The number of phenolic OH excluding ortho intramolecular Hbond substituents is 2. The zero-order valence-corrected chi connectivity index (χ0v) is 26.4. The molecule has 0 amide bonds. The van der Waals surface area contributed by atoms with Gasteiger partial charge in [-0.2, -0.15) is 0 Å². The van der Waals surface area contributed by atoms with Gasteiger partial charge in [-0.1, -0.05) is 12.1 Å². The summed E-state index contributed by atoms with van der Waals surface area (Å²) in [6, 6.07) is 3.89. The number of ketones is 3. The first kappa shape index (κ1) is 33.4. The van der Waals surface area contributed by atoms with Gasteiger partial charge >= 0.3 is 0 Å². The topological polar surface area (TPSA) is 205 Å². The van der Waals surface area contributed by atoms with Crippen molar-refractivity contribution in [2.45, 2.75) is 81.4 Å². The monoisotopic (exact) mass is 656 g/mol. The molecule has 0 aromatic heterocycles. The van der Waals surface area contributed by atoms with Gasteiger partial charge in [0.1, 0.15) is 29.5 Å². The highest BCUT2D eigenvalue weighted by Crippen LogP contribution is 2.52. The third-order valence-electron chi connectivity index (χ3n) is 9.88. The minimum absolute atomic E-state index is 0.0463. The molecular weight excluding hydrogens is 616 g/mol. The molecule has 14 nitrogen and oxygen atoms in total. The van der Waals surface area contributed by atoms with Crippen LogP contribution >= 0.6 is 0 Å². The number of nitrogens with one attached hydrogen (secondary N) is 1. The summed E-state index contributed by atoms with van der Waals surface area (Å²) in [4.78, 5) is 40.4. The van der Waals surface area contributed by atoms with Gasteiger partial charge in [-0.3, -0.25) is 14.4 Å². The predicted molar refractivity (Wildman–Crippen MR) is 162 cm³/mol. The van der Waals surface area contributed by atoms with Crippen LogP contribution in [-0.4, -0.2) is 118 Å². The molecule has 4 aliphatic rings. The Bertz CT molecular complexity index is 1590. The van der Waals surface area contributed by atoms with Gasteiger partial charge in [-0.15, -0.1) is 0 Å². The van der Waals surface area contributed by atoms with E-state index in [4.69, 9.17) is 18.9 Å². The van der Waals surface area contributed by atoms with E-state index in [0.717, 1.165) is 12.8 Å². The van der Waals surface area contributed by atoms with Crippen LogP contribution in [0.15, 0.2) is 18.2 Å². The molecule has 0 bridgehead atoms. The first-order valence-electron chi connectivity index (χ1n) is 15.7. The molecule has 2 aromatic carbocycles. The molecule has 2 fully saturated rings. The van der Waals surface area contributed by atoms with Crippen molar-refractivity contribution < 1.29 is 58.9 Å². The summed E-state index contributed by atoms with van der Waals surface area (Å²) in [5.74, 6) is -3.72. The van der Waals surface area contributed by atoms with Crippen LogP contribution in [0.5, 0.6) is 17.2 Å². The lowest BCUT2D eigenvalue weighted by Gasteiger charge is -2.44. The van der Waals surface area contributed by atoms with E-state index in [1.165, 1.54) is 25.3 Å². The Hall–Kier alpha value is -3.47. The van der Waals surface area contributed by atoms with Crippen LogP contribution < -0.4 is 10.2 Å². The van der Waals surface area contributed by atoms with E-state index >= 15 is 0 Å². The fraction of sp³-hybridized carbons (Fsp3) is 0.545. The smallest absolute Gasteiger partial charge is 0.202 e. The number of nitrogens with zero attached hydrogens (tertiary/aromatic N) is 1. The minimum Gasteiger partial charge on any atom is -0.507 e. The molecule has 6 rings (SSSR count). The Balaban J connectivity index is 1.37. The fourth-order valence-electron chi connectivity index (χ4n) is 7.30. The number of aliphatic hydroxyl groups excluding tert-OH is 2. The Morgan fingerprint density at radius 1 is 1.09 bits per heavy atom. The average molecular weight is 657 g/mol. The number of methoxy groups -OCH3 is 2. The molecule has 2 aromatic rings. The predicted octanol–water partition coefficient (Wildman–Crippen LogP) is 0.658. The van der Waals surface area contributed by atoms with Gasteiger partial charge in [-0.05, 0) is 25.8 Å². The normalized spacial score (nSPS) is 29.6. The summed E-state index contributed by atoms with van der Waals surface area (Å²) in [7, 11) is 3.01. The number of fused-ring (bicyclic) bond motifs is 3. The van der Waals surface area contributed by atoms with Crippen molar-refractivity contribution in [3.05, 3.63) is 51.6 Å². The lowest BCUT2D eigenvalue weighted by atomic mass is 9.72. The summed E-state index contributed by atoms with van der Waals surface area (Å²) >= 11 is 0. The van der Waals surface area contributed by atoms with E-state index in [1.807, 2.05) is 5.01 Å². The maximum atomic E-state index is 13.9. The molecule has 0 radical (unpaired) electrons. The van der Waals surface area contributed by atoms with E-state index < -0.39 is 95.7 Å². The third kappa shape index (κ3) is 5.72. The second-order valence-corrected chi connectivity index (χ2v) is 12.7. The van der Waals surface area contributed by atoms with E-state index in [9.17, 15) is 39.9 Å². The standard InChI is InChI=1S/C33H40N2O12/c1-15-28(38)19(34-35-9-7-16(44-2)8-10-35)11-23(46-15)47-21-13-33(43,22(37)14-36)12-18-25(21)32(42)27-26(30(18)40)29(39)17-5-4-6-20(45-3)24(17)31(27)41/h4-6,15-16,19,21,23,28,34,36,38,40,42-43H,7-14H2,1-3H3/t15?,19?,21-,23?,28?,33-/m0/s1. The Labute approximate surface area is 270 Å². The molecule has 6 atom stereocenters. The average Bonchev–Trinajstić information content (AvgIpc) is 3.06. The number of hydrogen-bond acceptors (Lipinski definition) is 14. The number of hydrogen-bond donors (Lipinski definition) is 6. The number of Topliss-reactive ketones (excluding diaryl/α,β-unsaturated/α-hetero) is 1. The first-order chi connectivity index (χ1) is 22.4. The number of aliphatic hydroxyl groups is 3. The number of piperidine rings is 1. The SMILES string of the molecule is COc1cccc2c1C(=O)c1c(O)c3c(c(O)c1C2=O)C[C@@](O)(C(=O)CO)C[C@@H]3OC1CC(NN2CCC(OC)CC2)C(O)C(C)O1. The largest absolute Gasteiger partial charge is 0.507 e. The van der Waals surface area contributed by atoms with E-state index in [-0.39, 0.29) is 40.5 Å². The van der Waals surface area contributed by atoms with Crippen molar-refractivity contribution in [2.24, 2.45) is 0 Å². The zero-order valence-electron chi connectivity index (χ0n) is 26.4. The van der Waals surface area contributed by atoms with Crippen molar-refractivity contribution in [3.63, 3.8) is 0 Å². The van der Waals surface area contributed by atoms with E-state index in [0.29, 0.717) is 13.1 Å². The van der Waals surface area contributed by atoms with Crippen LogP contribution in [0.4, 0.5) is 0 Å². The molecule has 2 aliphatic carbocycles. The number of phenols is 2. The molecule has 2 aliphatic heterocycles. The Morgan fingerprint density at radius 2 is 1.79 bits per heavy atom. The molecule has 0 saturated carbocycles. The van der Waals surface area contributed by atoms with Crippen LogP contribution in [0.25, 0.3) is 0 Å². The number of ether oxygens (including phenoxy) is 4. The maximum Gasteiger partial charge on any atom is 0.202 e. The van der Waals surface area contributed by atoms with Gasteiger partial charge in [0.05, 0.1) is 54.3 Å². The van der Waals surface area contributed by atoms with Gasteiger partial charge in [0, 0.05) is 56.2 Å². The number of carbonyl (C=O) groups is 3. The number of benzene rings is 2. The highest BCUT2D eigenvalue weighted by atomic mass is 16.7. The van der Waals surface area contributed by atoms with Gasteiger partial charge < -0.3 is 44.5 Å². The van der Waals surface area contributed by atoms with Crippen molar-refractivity contribution in [3.8, 4) is 17.2 Å². The Kier molecular flexibility index (Phi) is 9.15. The summed E-state index contributed by atoms with van der Waals surface area (Å²) in [5.41, 5.74) is -0.221. The van der Waals surface area contributed by atoms with E-state index in [1.54, 1.807) is 14.0 Å². The van der Waals surface area contributed by atoms with Crippen molar-refractivity contribution in [1.82, 2.24) is 10.4 Å². The Morgan fingerprint density at radius 3 is 2.45 bits per heavy atom. The van der Waals surface area contributed by atoms with Gasteiger partial charge in [0.15, 0.2) is 17.9 Å². The highest BCUT2D eigenvalue weighted by Gasteiger charge is 2.50. The number of hydrazine groups is 1. The quantitative estimate of drug-likeness (QED) is 0.184. The molecule has 2 saturated heterocycles. The number of carbonyl (C=O) groups excluding carboxylic acids is 3. The summed E-state index contributed by atoms with van der Waals surface area (Å²) < 4.78 is 23.1. The lowest BCUT2D eigenvalue weighted by Crippen LogP contribution is -2.59. The summed E-state index contributed by atoms with van der Waals surface area (Å²) in [6.45, 7) is 2.03. The van der Waals surface area contributed by atoms with Gasteiger partial charge in [0.25, 0.3) is 0 Å². The van der Waals surface area contributed by atoms with Crippen molar-refractivity contribution >= 4 is 17.3 Å². The number of rotatable bonds is 8. The molecular formula is C33H40N2O12. The van der Waals surface area contributed by atoms with E-state index in [2.05, 4.69) is 5.43 Å². The van der Waals surface area contributed by atoms with Crippen LogP contribution in [0.2, 0.25) is 0 Å². The summed E-state index contributed by atoms with van der Waals surface area (Å²) in [5, 5.41) is 57.4. The molecule has 254 valence electrons. The second kappa shape index (κ2) is 12.9. The maximum absolute atomic E-state index is 13.9. The van der Waals surface area contributed by atoms with Crippen molar-refractivity contribution in [1.29, 1.82) is 0 Å². The minimum atomic E-state index is -2.25. The first-order valence-corrected chi connectivity index (χ1v) is 15.7. The fourth-order valence-corrected chi connectivity index (χ4v) is 7.30. The molecule has 4 unspecified atom stereocenters. The van der Waals surface area contributed by atoms with Crippen LogP contribution in [0, 0.1) is 0 Å². The molecule has 2 heterocycles. The van der Waals surface area contributed by atoms with Gasteiger partial charge in [-0.25, -0.2) is 10.4 Å². The number of aromatic hydroxyl groups is 2. The second-order valence-electron chi connectivity index (χ2n) is 12.7. The lowest BCUT2D eigenvalue weighted by molar-refractivity contribution is -0.253. The molecule has 47 heavy (non-hydrogen) atoms. The molecule has 6 N–H and O–H groups in total.